The molecule has 1 aliphatic rings. The van der Waals surface area contributed by atoms with Crippen LogP contribution in [0.3, 0.4) is 0 Å². The molecule has 4 nitrogen and oxygen atoms in total. The number of anilines is 1. The van der Waals surface area contributed by atoms with Crippen LogP contribution in [0.2, 0.25) is 0 Å². The molecule has 23 heavy (non-hydrogen) atoms. The van der Waals surface area contributed by atoms with Crippen molar-refractivity contribution in [2.24, 2.45) is 0 Å². The van der Waals surface area contributed by atoms with Crippen LogP contribution in [-0.2, 0) is 6.42 Å². The minimum Gasteiger partial charge on any atom is -0.487 e. The Morgan fingerprint density at radius 3 is 2.91 bits per heavy atom. The fourth-order valence-corrected chi connectivity index (χ4v) is 2.64. The molecule has 4 heteroatoms. The molecule has 2 N–H and O–H groups in total. The number of hydrogen-bond donors (Lipinski definition) is 2. The Balaban J connectivity index is 1.50. The van der Waals surface area contributed by atoms with E-state index in [-0.39, 0.29) is 11.9 Å². The summed E-state index contributed by atoms with van der Waals surface area (Å²) < 4.78 is 5.72. The van der Waals surface area contributed by atoms with Crippen molar-refractivity contribution in [2.75, 3.05) is 25.0 Å². The third-order valence-corrected chi connectivity index (χ3v) is 3.93. The van der Waals surface area contributed by atoms with E-state index in [1.165, 1.54) is 5.56 Å². The molecule has 1 heterocycles. The molecule has 1 unspecified atom stereocenters. The summed E-state index contributed by atoms with van der Waals surface area (Å²) in [6, 6.07) is 15.8. The van der Waals surface area contributed by atoms with Crippen LogP contribution in [0.25, 0.3) is 0 Å². The van der Waals surface area contributed by atoms with Gasteiger partial charge in [0.1, 0.15) is 11.9 Å². The number of rotatable bonds is 6. The van der Waals surface area contributed by atoms with Crippen molar-refractivity contribution in [1.82, 2.24) is 5.32 Å². The quantitative estimate of drug-likeness (QED) is 0.636. The number of nitrogens with one attached hydrogen (secondary N) is 2. The SMILES string of the molecule is CC1CNc2cc(C(=O)CNCCc3ccccc3)ccc2O1. The summed E-state index contributed by atoms with van der Waals surface area (Å²) in [7, 11) is 0. The molecule has 0 saturated heterocycles. The highest BCUT2D eigenvalue weighted by molar-refractivity contribution is 5.98. The minimum atomic E-state index is 0.0984. The van der Waals surface area contributed by atoms with Crippen molar-refractivity contribution in [2.45, 2.75) is 19.4 Å². The molecule has 1 atom stereocenters. The lowest BCUT2D eigenvalue weighted by atomic mass is 10.1. The van der Waals surface area contributed by atoms with Crippen molar-refractivity contribution < 1.29 is 9.53 Å². The van der Waals surface area contributed by atoms with Gasteiger partial charge in [-0.25, -0.2) is 0 Å². The summed E-state index contributed by atoms with van der Waals surface area (Å²) in [6.45, 7) is 3.92. The predicted octanol–water partition coefficient (Wildman–Crippen LogP) is 2.89. The van der Waals surface area contributed by atoms with Crippen molar-refractivity contribution in [1.29, 1.82) is 0 Å². The van der Waals surface area contributed by atoms with E-state index in [0.717, 1.165) is 30.9 Å². The van der Waals surface area contributed by atoms with Crippen LogP contribution in [0.1, 0.15) is 22.8 Å². The lowest BCUT2D eigenvalue weighted by molar-refractivity contribution is 0.0991. The van der Waals surface area contributed by atoms with Crippen LogP contribution in [0.5, 0.6) is 5.75 Å². The summed E-state index contributed by atoms with van der Waals surface area (Å²) >= 11 is 0. The van der Waals surface area contributed by atoms with Crippen LogP contribution in [0.4, 0.5) is 5.69 Å². The normalized spacial score (nSPS) is 16.1. The van der Waals surface area contributed by atoms with E-state index < -0.39 is 0 Å². The fraction of sp³-hybridized carbons (Fsp3) is 0.316. The molecular formula is C19H22N2O2. The van der Waals surface area contributed by atoms with Gasteiger partial charge in [-0.05, 0) is 43.7 Å². The molecule has 0 radical (unpaired) electrons. The monoisotopic (exact) mass is 310 g/mol. The number of ether oxygens (including phenoxy) is 1. The molecule has 0 aliphatic carbocycles. The van der Waals surface area contributed by atoms with Gasteiger partial charge in [-0.3, -0.25) is 4.79 Å². The third-order valence-electron chi connectivity index (χ3n) is 3.93. The summed E-state index contributed by atoms with van der Waals surface area (Å²) in [5.74, 6) is 0.915. The molecule has 0 amide bonds. The largest absolute Gasteiger partial charge is 0.487 e. The number of hydrogen-bond acceptors (Lipinski definition) is 4. The Labute approximate surface area is 136 Å². The Hall–Kier alpha value is -2.33. The maximum absolute atomic E-state index is 12.3. The number of Topliss-reactive ketones (excluding diaryl/α,β-unsaturated/α-hetero) is 1. The smallest absolute Gasteiger partial charge is 0.176 e. The van der Waals surface area contributed by atoms with Crippen LogP contribution in [0, 0.1) is 0 Å². The summed E-state index contributed by atoms with van der Waals surface area (Å²) in [4.78, 5) is 12.3. The zero-order valence-electron chi connectivity index (χ0n) is 13.3. The van der Waals surface area contributed by atoms with Crippen molar-refractivity contribution >= 4 is 11.5 Å². The van der Waals surface area contributed by atoms with Gasteiger partial charge in [0.2, 0.25) is 0 Å². The van der Waals surface area contributed by atoms with Crippen LogP contribution >= 0.6 is 0 Å². The number of benzene rings is 2. The van der Waals surface area contributed by atoms with Gasteiger partial charge in [-0.15, -0.1) is 0 Å². The Bertz CT molecular complexity index is 670. The van der Waals surface area contributed by atoms with Crippen LogP contribution < -0.4 is 15.4 Å². The molecule has 0 spiro atoms. The highest BCUT2D eigenvalue weighted by atomic mass is 16.5. The lowest BCUT2D eigenvalue weighted by Crippen LogP contribution is -2.28. The standard InChI is InChI=1S/C19H22N2O2/c1-14-12-21-17-11-16(7-8-19(17)23-14)18(22)13-20-10-9-15-5-3-2-4-6-15/h2-8,11,14,20-21H,9-10,12-13H2,1H3. The second-order valence-corrected chi connectivity index (χ2v) is 5.86. The number of ketones is 1. The van der Waals surface area contributed by atoms with E-state index in [2.05, 4.69) is 22.8 Å². The zero-order chi connectivity index (χ0) is 16.1. The van der Waals surface area contributed by atoms with E-state index in [1.54, 1.807) is 0 Å². The first-order valence-corrected chi connectivity index (χ1v) is 8.05. The molecule has 1 aliphatic heterocycles. The molecule has 0 fully saturated rings. The van der Waals surface area contributed by atoms with Gasteiger partial charge in [0.15, 0.2) is 5.78 Å². The molecule has 0 bridgehead atoms. The minimum absolute atomic E-state index is 0.0984. The highest BCUT2D eigenvalue weighted by Gasteiger charge is 2.17. The van der Waals surface area contributed by atoms with Gasteiger partial charge in [0.05, 0.1) is 18.8 Å². The van der Waals surface area contributed by atoms with E-state index in [9.17, 15) is 4.79 Å². The van der Waals surface area contributed by atoms with Crippen LogP contribution in [0.15, 0.2) is 48.5 Å². The van der Waals surface area contributed by atoms with Gasteiger partial charge in [0, 0.05) is 5.56 Å². The molecule has 120 valence electrons. The highest BCUT2D eigenvalue weighted by Crippen LogP contribution is 2.29. The Kier molecular flexibility index (Phi) is 4.93. The van der Waals surface area contributed by atoms with Gasteiger partial charge < -0.3 is 15.4 Å². The molecule has 0 aromatic heterocycles. The maximum Gasteiger partial charge on any atom is 0.176 e. The molecule has 0 saturated carbocycles. The molecule has 2 aromatic carbocycles. The Morgan fingerprint density at radius 1 is 1.26 bits per heavy atom. The number of carbonyl (C=O) groups excluding carboxylic acids is 1. The molecular weight excluding hydrogens is 288 g/mol. The van der Waals surface area contributed by atoms with E-state index in [4.69, 9.17) is 4.74 Å². The third kappa shape index (κ3) is 4.11. The van der Waals surface area contributed by atoms with Gasteiger partial charge in [0.25, 0.3) is 0 Å². The lowest BCUT2D eigenvalue weighted by Gasteiger charge is -2.25. The first-order valence-electron chi connectivity index (χ1n) is 8.05. The summed E-state index contributed by atoms with van der Waals surface area (Å²) in [5, 5.41) is 6.52. The van der Waals surface area contributed by atoms with Crippen molar-refractivity contribution in [3.05, 3.63) is 59.7 Å². The number of carbonyl (C=O) groups is 1. The number of fused-ring (bicyclic) bond motifs is 1. The van der Waals surface area contributed by atoms with Crippen molar-refractivity contribution in [3.63, 3.8) is 0 Å². The first kappa shape index (κ1) is 15.6. The molecule has 3 rings (SSSR count). The second-order valence-electron chi connectivity index (χ2n) is 5.86. The Morgan fingerprint density at radius 2 is 2.09 bits per heavy atom. The second kappa shape index (κ2) is 7.29. The van der Waals surface area contributed by atoms with Gasteiger partial charge >= 0.3 is 0 Å². The summed E-state index contributed by atoms with van der Waals surface area (Å²) in [5.41, 5.74) is 2.89. The maximum atomic E-state index is 12.3. The van der Waals surface area contributed by atoms with Crippen molar-refractivity contribution in [3.8, 4) is 5.75 Å². The van der Waals surface area contributed by atoms with Gasteiger partial charge in [-0.1, -0.05) is 30.3 Å². The van der Waals surface area contributed by atoms with E-state index in [0.29, 0.717) is 12.1 Å². The predicted molar refractivity (Wildman–Crippen MR) is 92.4 cm³/mol. The van der Waals surface area contributed by atoms with Gasteiger partial charge in [-0.2, -0.15) is 0 Å². The van der Waals surface area contributed by atoms with E-state index in [1.807, 2.05) is 43.3 Å². The average molecular weight is 310 g/mol. The first-order chi connectivity index (χ1) is 11.2. The van der Waals surface area contributed by atoms with E-state index >= 15 is 0 Å². The summed E-state index contributed by atoms with van der Waals surface area (Å²) in [6.07, 6.45) is 1.08. The van der Waals surface area contributed by atoms with Crippen LogP contribution in [-0.4, -0.2) is 31.5 Å². The zero-order valence-corrected chi connectivity index (χ0v) is 13.3. The topological polar surface area (TPSA) is 50.4 Å². The molecule has 2 aromatic rings. The fourth-order valence-electron chi connectivity index (χ4n) is 2.64. The average Bonchev–Trinajstić information content (AvgIpc) is 2.59.